The molecule has 2 fully saturated rings. The summed E-state index contributed by atoms with van der Waals surface area (Å²) in [7, 11) is 1.74. The second-order valence-corrected chi connectivity index (χ2v) is 6.79. The van der Waals surface area contributed by atoms with E-state index >= 15 is 0 Å². The molecule has 0 amide bonds. The van der Waals surface area contributed by atoms with Crippen LogP contribution in [-0.4, -0.2) is 18.6 Å². The monoisotopic (exact) mass is 288 g/mol. The van der Waals surface area contributed by atoms with Gasteiger partial charge in [0.25, 0.3) is 0 Å². The van der Waals surface area contributed by atoms with Crippen LogP contribution < -0.4 is 10.1 Å². The van der Waals surface area contributed by atoms with Crippen LogP contribution >= 0.6 is 0 Å². The quantitative estimate of drug-likeness (QED) is 0.824. The van der Waals surface area contributed by atoms with Crippen molar-refractivity contribution < 1.29 is 4.74 Å². The lowest BCUT2D eigenvalue weighted by molar-refractivity contribution is 0.275. The molecule has 0 spiro atoms. The number of pyridine rings is 1. The van der Waals surface area contributed by atoms with E-state index in [-0.39, 0.29) is 0 Å². The van der Waals surface area contributed by atoms with Crippen LogP contribution in [0.1, 0.15) is 57.1 Å². The number of fused-ring (bicyclic) bond motifs is 2. The van der Waals surface area contributed by atoms with Gasteiger partial charge in [-0.15, -0.1) is 0 Å². The Kier molecular flexibility index (Phi) is 4.79. The average molecular weight is 288 g/mol. The molecule has 0 saturated heterocycles. The van der Waals surface area contributed by atoms with Crippen LogP contribution in [0.2, 0.25) is 0 Å². The zero-order valence-electron chi connectivity index (χ0n) is 13.3. The van der Waals surface area contributed by atoms with Gasteiger partial charge in [-0.3, -0.25) is 4.98 Å². The minimum atomic E-state index is 0.409. The Hall–Kier alpha value is -1.09. The van der Waals surface area contributed by atoms with Crippen molar-refractivity contribution in [2.75, 3.05) is 13.7 Å². The van der Waals surface area contributed by atoms with E-state index in [9.17, 15) is 0 Å². The van der Waals surface area contributed by atoms with Crippen molar-refractivity contribution in [2.45, 2.75) is 51.5 Å². The summed E-state index contributed by atoms with van der Waals surface area (Å²) in [6, 6.07) is 2.53. The molecule has 3 nitrogen and oxygen atoms in total. The van der Waals surface area contributed by atoms with Gasteiger partial charge in [-0.25, -0.2) is 0 Å². The highest BCUT2D eigenvalue weighted by Gasteiger charge is 2.40. The second kappa shape index (κ2) is 6.78. The van der Waals surface area contributed by atoms with Crippen LogP contribution in [-0.2, 0) is 0 Å². The van der Waals surface area contributed by atoms with Crippen LogP contribution in [0.15, 0.2) is 18.5 Å². The highest BCUT2D eigenvalue weighted by atomic mass is 16.5. The van der Waals surface area contributed by atoms with Crippen LogP contribution in [0.4, 0.5) is 0 Å². The standard InChI is InChI=1S/C18H28N2O/c1-3-7-20-17(16-6-8-19-12-18(16)21-2)11-15-10-13-4-5-14(15)9-13/h6,8,12-15,17,20H,3-5,7,9-11H2,1-2H3. The molecule has 116 valence electrons. The first kappa shape index (κ1) is 14.8. The zero-order valence-corrected chi connectivity index (χ0v) is 13.3. The third kappa shape index (κ3) is 3.23. The van der Waals surface area contributed by atoms with E-state index in [0.29, 0.717) is 6.04 Å². The molecule has 21 heavy (non-hydrogen) atoms. The summed E-state index contributed by atoms with van der Waals surface area (Å²) in [5.41, 5.74) is 1.28. The van der Waals surface area contributed by atoms with E-state index in [1.54, 1.807) is 7.11 Å². The zero-order chi connectivity index (χ0) is 14.7. The summed E-state index contributed by atoms with van der Waals surface area (Å²) < 4.78 is 5.53. The molecule has 2 bridgehead atoms. The van der Waals surface area contributed by atoms with Crippen LogP contribution in [0.5, 0.6) is 5.75 Å². The van der Waals surface area contributed by atoms with Crippen LogP contribution in [0, 0.1) is 17.8 Å². The van der Waals surface area contributed by atoms with Gasteiger partial charge in [-0.1, -0.05) is 13.3 Å². The number of hydrogen-bond donors (Lipinski definition) is 1. The van der Waals surface area contributed by atoms with E-state index in [1.807, 2.05) is 12.4 Å². The largest absolute Gasteiger partial charge is 0.495 e. The molecule has 0 aliphatic heterocycles. The van der Waals surface area contributed by atoms with Crippen molar-refractivity contribution in [3.8, 4) is 5.75 Å². The Bertz CT molecular complexity index is 462. The Morgan fingerprint density at radius 3 is 2.95 bits per heavy atom. The van der Waals surface area contributed by atoms with Crippen molar-refractivity contribution in [2.24, 2.45) is 17.8 Å². The van der Waals surface area contributed by atoms with Gasteiger partial charge in [-0.05, 0) is 62.5 Å². The number of ether oxygens (including phenoxy) is 1. The molecule has 4 atom stereocenters. The second-order valence-electron chi connectivity index (χ2n) is 6.79. The maximum atomic E-state index is 5.53. The predicted molar refractivity (Wildman–Crippen MR) is 85.4 cm³/mol. The first-order valence-electron chi connectivity index (χ1n) is 8.53. The normalized spacial score (nSPS) is 28.8. The Labute approximate surface area is 128 Å². The van der Waals surface area contributed by atoms with E-state index < -0.39 is 0 Å². The molecule has 4 unspecified atom stereocenters. The smallest absolute Gasteiger partial charge is 0.141 e. The van der Waals surface area contributed by atoms with Gasteiger partial charge in [0, 0.05) is 17.8 Å². The van der Waals surface area contributed by atoms with Crippen molar-refractivity contribution in [3.63, 3.8) is 0 Å². The predicted octanol–water partition coefficient (Wildman–Crippen LogP) is 3.96. The number of rotatable bonds is 7. The number of methoxy groups -OCH3 is 1. The van der Waals surface area contributed by atoms with Gasteiger partial charge < -0.3 is 10.1 Å². The van der Waals surface area contributed by atoms with E-state index in [0.717, 1.165) is 30.0 Å². The summed E-state index contributed by atoms with van der Waals surface area (Å²) >= 11 is 0. The first-order chi connectivity index (χ1) is 10.3. The van der Waals surface area contributed by atoms with Gasteiger partial charge in [0.2, 0.25) is 0 Å². The summed E-state index contributed by atoms with van der Waals surface area (Å²) in [6.07, 6.45) is 12.0. The fourth-order valence-corrected chi connectivity index (χ4v) is 4.46. The van der Waals surface area contributed by atoms with Crippen molar-refractivity contribution in [1.29, 1.82) is 0 Å². The maximum absolute atomic E-state index is 5.53. The molecule has 2 saturated carbocycles. The topological polar surface area (TPSA) is 34.2 Å². The molecule has 1 aromatic rings. The Morgan fingerprint density at radius 2 is 2.29 bits per heavy atom. The fourth-order valence-electron chi connectivity index (χ4n) is 4.46. The minimum absolute atomic E-state index is 0.409. The van der Waals surface area contributed by atoms with Gasteiger partial charge >= 0.3 is 0 Å². The van der Waals surface area contributed by atoms with Crippen molar-refractivity contribution in [1.82, 2.24) is 10.3 Å². The molecule has 1 N–H and O–H groups in total. The summed E-state index contributed by atoms with van der Waals surface area (Å²) in [6.45, 7) is 3.29. The summed E-state index contributed by atoms with van der Waals surface area (Å²) in [5, 5.41) is 3.74. The third-order valence-corrected chi connectivity index (χ3v) is 5.48. The van der Waals surface area contributed by atoms with E-state index in [2.05, 4.69) is 23.3 Å². The molecule has 3 heteroatoms. The van der Waals surface area contributed by atoms with E-state index in [1.165, 1.54) is 44.1 Å². The van der Waals surface area contributed by atoms with Gasteiger partial charge in [0.15, 0.2) is 0 Å². The van der Waals surface area contributed by atoms with E-state index in [4.69, 9.17) is 4.74 Å². The number of nitrogens with one attached hydrogen (secondary N) is 1. The van der Waals surface area contributed by atoms with Crippen LogP contribution in [0.25, 0.3) is 0 Å². The van der Waals surface area contributed by atoms with Crippen LogP contribution in [0.3, 0.4) is 0 Å². The van der Waals surface area contributed by atoms with Gasteiger partial charge in [0.1, 0.15) is 5.75 Å². The van der Waals surface area contributed by atoms with Crippen molar-refractivity contribution in [3.05, 3.63) is 24.0 Å². The molecular formula is C18H28N2O. The molecule has 1 heterocycles. The lowest BCUT2D eigenvalue weighted by Gasteiger charge is -2.28. The molecule has 1 aromatic heterocycles. The molecule has 0 radical (unpaired) electrons. The van der Waals surface area contributed by atoms with Gasteiger partial charge in [0.05, 0.1) is 13.3 Å². The highest BCUT2D eigenvalue weighted by Crippen LogP contribution is 2.51. The first-order valence-corrected chi connectivity index (χ1v) is 8.53. The lowest BCUT2D eigenvalue weighted by Crippen LogP contribution is -2.26. The number of nitrogens with zero attached hydrogens (tertiary/aromatic N) is 1. The Morgan fingerprint density at radius 1 is 1.38 bits per heavy atom. The van der Waals surface area contributed by atoms with Gasteiger partial charge in [-0.2, -0.15) is 0 Å². The molecule has 2 aliphatic rings. The van der Waals surface area contributed by atoms with Crippen molar-refractivity contribution >= 4 is 0 Å². The summed E-state index contributed by atoms with van der Waals surface area (Å²) in [5.74, 6) is 3.82. The molecule has 3 rings (SSSR count). The number of hydrogen-bond acceptors (Lipinski definition) is 3. The average Bonchev–Trinajstić information content (AvgIpc) is 3.14. The SMILES string of the molecule is CCCNC(CC1CC2CCC1C2)c1ccncc1OC. The molecule has 2 aliphatic carbocycles. The molecular weight excluding hydrogens is 260 g/mol. The Balaban J connectivity index is 1.74. The third-order valence-electron chi connectivity index (χ3n) is 5.48. The summed E-state index contributed by atoms with van der Waals surface area (Å²) in [4.78, 5) is 4.20. The number of aromatic nitrogens is 1. The molecule has 0 aromatic carbocycles. The fraction of sp³-hybridized carbons (Fsp3) is 0.722. The maximum Gasteiger partial charge on any atom is 0.141 e. The highest BCUT2D eigenvalue weighted by molar-refractivity contribution is 5.33. The minimum Gasteiger partial charge on any atom is -0.495 e. The lowest BCUT2D eigenvalue weighted by atomic mass is 9.82.